The van der Waals surface area contributed by atoms with Gasteiger partial charge in [-0.3, -0.25) is 9.59 Å². The summed E-state index contributed by atoms with van der Waals surface area (Å²) < 4.78 is 0. The van der Waals surface area contributed by atoms with Crippen molar-refractivity contribution in [3.63, 3.8) is 0 Å². The Hall–Kier alpha value is -2.14. The minimum absolute atomic E-state index is 0.0861. The number of thiophene rings is 1. The smallest absolute Gasteiger partial charge is 0.255 e. The van der Waals surface area contributed by atoms with Crippen molar-refractivity contribution in [3.8, 4) is 0 Å². The van der Waals surface area contributed by atoms with E-state index in [0.717, 1.165) is 16.8 Å². The zero-order valence-electron chi connectivity index (χ0n) is 11.1. The van der Waals surface area contributed by atoms with E-state index in [4.69, 9.17) is 0 Å². The summed E-state index contributed by atoms with van der Waals surface area (Å²) >= 11 is 1.50. The highest BCUT2D eigenvalue weighted by Gasteiger charge is 2.24. The second kappa shape index (κ2) is 5.09. The molecule has 0 atom stereocenters. The van der Waals surface area contributed by atoms with Gasteiger partial charge in [-0.15, -0.1) is 0 Å². The normalized spacial score (nSPS) is 14.4. The predicted octanol–water partition coefficient (Wildman–Crippen LogP) is 2.65. The van der Waals surface area contributed by atoms with Crippen LogP contribution in [0.1, 0.15) is 21.5 Å². The number of para-hydroxylation sites is 1. The van der Waals surface area contributed by atoms with Gasteiger partial charge < -0.3 is 10.2 Å². The summed E-state index contributed by atoms with van der Waals surface area (Å²) in [7, 11) is 0. The molecule has 3 rings (SSSR count). The first-order valence-electron chi connectivity index (χ1n) is 6.35. The molecule has 1 aliphatic heterocycles. The van der Waals surface area contributed by atoms with Gasteiger partial charge in [-0.25, -0.2) is 0 Å². The first-order valence-corrected chi connectivity index (χ1v) is 7.29. The van der Waals surface area contributed by atoms with Gasteiger partial charge in [0.05, 0.1) is 5.56 Å². The molecule has 1 aromatic heterocycles. The Morgan fingerprint density at radius 1 is 1.25 bits per heavy atom. The second-order valence-electron chi connectivity index (χ2n) is 4.84. The molecule has 1 aromatic carbocycles. The summed E-state index contributed by atoms with van der Waals surface area (Å²) in [5.74, 6) is -0.244. The average Bonchev–Trinajstić information content (AvgIpc) is 2.77. The molecular weight excluding hydrogens is 272 g/mol. The molecule has 2 amide bonds. The number of carbonyl (C=O) groups is 2. The number of anilines is 1. The lowest BCUT2D eigenvalue weighted by Gasteiger charge is -2.19. The van der Waals surface area contributed by atoms with Crippen molar-refractivity contribution in [1.82, 2.24) is 4.90 Å². The van der Waals surface area contributed by atoms with Crippen LogP contribution in [0.2, 0.25) is 0 Å². The summed E-state index contributed by atoms with van der Waals surface area (Å²) in [6, 6.07) is 7.58. The van der Waals surface area contributed by atoms with E-state index in [1.165, 1.54) is 11.3 Å². The zero-order chi connectivity index (χ0) is 14.1. The molecule has 20 heavy (non-hydrogen) atoms. The number of hydrogen-bond acceptors (Lipinski definition) is 3. The maximum atomic E-state index is 12.5. The third kappa shape index (κ3) is 2.32. The molecule has 0 aliphatic carbocycles. The van der Waals surface area contributed by atoms with Crippen LogP contribution in [0.4, 0.5) is 5.69 Å². The highest BCUT2D eigenvalue weighted by atomic mass is 32.1. The summed E-state index contributed by atoms with van der Waals surface area (Å²) in [5, 5.41) is 6.62. The maximum Gasteiger partial charge on any atom is 0.255 e. The molecule has 0 fully saturated rings. The lowest BCUT2D eigenvalue weighted by Crippen LogP contribution is -2.35. The summed E-state index contributed by atoms with van der Waals surface area (Å²) in [6.07, 6.45) is 0. The maximum absolute atomic E-state index is 12.5. The van der Waals surface area contributed by atoms with E-state index in [9.17, 15) is 9.59 Å². The first-order chi connectivity index (χ1) is 9.65. The van der Waals surface area contributed by atoms with E-state index in [0.29, 0.717) is 12.1 Å². The van der Waals surface area contributed by atoms with Crippen molar-refractivity contribution in [2.45, 2.75) is 13.5 Å². The van der Waals surface area contributed by atoms with Gasteiger partial charge in [-0.2, -0.15) is 11.3 Å². The third-order valence-corrected chi connectivity index (χ3v) is 4.22. The van der Waals surface area contributed by atoms with Gasteiger partial charge >= 0.3 is 0 Å². The molecule has 0 unspecified atom stereocenters. The molecule has 0 radical (unpaired) electrons. The van der Waals surface area contributed by atoms with Crippen LogP contribution in [-0.2, 0) is 11.3 Å². The SMILES string of the molecule is Cc1cscc1C(=O)N1CC(=O)Nc2ccccc2C1. The fourth-order valence-corrected chi connectivity index (χ4v) is 3.12. The minimum Gasteiger partial charge on any atom is -0.325 e. The van der Waals surface area contributed by atoms with E-state index < -0.39 is 0 Å². The van der Waals surface area contributed by atoms with Crippen molar-refractivity contribution in [2.75, 3.05) is 11.9 Å². The molecule has 4 nitrogen and oxygen atoms in total. The lowest BCUT2D eigenvalue weighted by molar-refractivity contribution is -0.116. The van der Waals surface area contributed by atoms with Gasteiger partial charge in [0.15, 0.2) is 0 Å². The molecule has 0 bridgehead atoms. The van der Waals surface area contributed by atoms with Gasteiger partial charge in [0.25, 0.3) is 5.91 Å². The second-order valence-corrected chi connectivity index (χ2v) is 5.58. The number of amides is 2. The molecule has 1 N–H and O–H groups in total. The van der Waals surface area contributed by atoms with Crippen molar-refractivity contribution >= 4 is 28.8 Å². The van der Waals surface area contributed by atoms with Crippen molar-refractivity contribution in [3.05, 3.63) is 51.7 Å². The van der Waals surface area contributed by atoms with E-state index in [1.54, 1.807) is 4.90 Å². The molecule has 0 spiro atoms. The van der Waals surface area contributed by atoms with Crippen molar-refractivity contribution < 1.29 is 9.59 Å². The van der Waals surface area contributed by atoms with E-state index >= 15 is 0 Å². The summed E-state index contributed by atoms with van der Waals surface area (Å²) in [6.45, 7) is 2.45. The number of carbonyl (C=O) groups excluding carboxylic acids is 2. The molecule has 0 saturated heterocycles. The van der Waals surface area contributed by atoms with Gasteiger partial charge in [0.1, 0.15) is 6.54 Å². The lowest BCUT2D eigenvalue weighted by atomic mass is 10.1. The third-order valence-electron chi connectivity index (χ3n) is 3.36. The first kappa shape index (κ1) is 12.9. The molecule has 2 heterocycles. The Balaban J connectivity index is 1.93. The molecular formula is C15H14N2O2S. The molecule has 102 valence electrons. The Labute approximate surface area is 121 Å². The van der Waals surface area contributed by atoms with Crippen LogP contribution in [0.3, 0.4) is 0 Å². The van der Waals surface area contributed by atoms with Gasteiger partial charge in [0.2, 0.25) is 5.91 Å². The minimum atomic E-state index is -0.156. The standard InChI is InChI=1S/C15H14N2O2S/c1-10-8-20-9-12(10)15(19)17-6-11-4-2-3-5-13(11)16-14(18)7-17/h2-5,8-9H,6-7H2,1H3,(H,16,18). The van der Waals surface area contributed by atoms with Crippen LogP contribution in [0.15, 0.2) is 35.0 Å². The number of benzene rings is 1. The Kier molecular flexibility index (Phi) is 3.28. The van der Waals surface area contributed by atoms with Crippen LogP contribution in [0.25, 0.3) is 0 Å². The number of nitrogens with one attached hydrogen (secondary N) is 1. The zero-order valence-corrected chi connectivity index (χ0v) is 11.9. The number of hydrogen-bond donors (Lipinski definition) is 1. The van der Waals surface area contributed by atoms with Crippen molar-refractivity contribution in [2.24, 2.45) is 0 Å². The van der Waals surface area contributed by atoms with Crippen LogP contribution in [0.5, 0.6) is 0 Å². The molecule has 5 heteroatoms. The molecule has 1 aliphatic rings. The highest BCUT2D eigenvalue weighted by Crippen LogP contribution is 2.23. The monoisotopic (exact) mass is 286 g/mol. The van der Waals surface area contributed by atoms with E-state index in [1.807, 2.05) is 41.9 Å². The van der Waals surface area contributed by atoms with E-state index in [2.05, 4.69) is 5.32 Å². The van der Waals surface area contributed by atoms with Crippen LogP contribution in [0, 0.1) is 6.92 Å². The van der Waals surface area contributed by atoms with Crippen molar-refractivity contribution in [1.29, 1.82) is 0 Å². The Bertz CT molecular complexity index is 678. The van der Waals surface area contributed by atoms with E-state index in [-0.39, 0.29) is 18.4 Å². The number of rotatable bonds is 1. The van der Waals surface area contributed by atoms with Gasteiger partial charge in [-0.05, 0) is 29.5 Å². The molecule has 0 saturated carbocycles. The number of nitrogens with zero attached hydrogens (tertiary/aromatic N) is 1. The molecule has 2 aromatic rings. The van der Waals surface area contributed by atoms with Gasteiger partial charge in [0, 0.05) is 17.6 Å². The number of fused-ring (bicyclic) bond motifs is 1. The van der Waals surface area contributed by atoms with Crippen LogP contribution >= 0.6 is 11.3 Å². The topological polar surface area (TPSA) is 49.4 Å². The fourth-order valence-electron chi connectivity index (χ4n) is 2.30. The number of aryl methyl sites for hydroxylation is 1. The highest BCUT2D eigenvalue weighted by molar-refractivity contribution is 7.08. The predicted molar refractivity (Wildman–Crippen MR) is 78.9 cm³/mol. The Morgan fingerprint density at radius 2 is 2.05 bits per heavy atom. The Morgan fingerprint density at radius 3 is 2.80 bits per heavy atom. The quantitative estimate of drug-likeness (QED) is 0.876. The summed E-state index contributed by atoms with van der Waals surface area (Å²) in [4.78, 5) is 26.0. The van der Waals surface area contributed by atoms with Gasteiger partial charge in [-0.1, -0.05) is 18.2 Å². The van der Waals surface area contributed by atoms with Crippen LogP contribution in [-0.4, -0.2) is 23.3 Å². The summed E-state index contributed by atoms with van der Waals surface area (Å²) in [5.41, 5.74) is 3.38. The fraction of sp³-hybridized carbons (Fsp3) is 0.200. The van der Waals surface area contributed by atoms with Crippen LogP contribution < -0.4 is 5.32 Å². The largest absolute Gasteiger partial charge is 0.325 e. The average molecular weight is 286 g/mol.